The van der Waals surface area contributed by atoms with E-state index in [4.69, 9.17) is 4.52 Å². The van der Waals surface area contributed by atoms with Crippen LogP contribution in [0.25, 0.3) is 0 Å². The van der Waals surface area contributed by atoms with Crippen molar-refractivity contribution >= 4 is 11.8 Å². The van der Waals surface area contributed by atoms with Gasteiger partial charge >= 0.3 is 6.18 Å². The van der Waals surface area contributed by atoms with Gasteiger partial charge < -0.3 is 14.7 Å². The van der Waals surface area contributed by atoms with Gasteiger partial charge in [0.25, 0.3) is 5.91 Å². The number of benzene rings is 1. The third kappa shape index (κ3) is 3.36. The third-order valence-corrected chi connectivity index (χ3v) is 5.38. The quantitative estimate of drug-likeness (QED) is 0.867. The summed E-state index contributed by atoms with van der Waals surface area (Å²) in [7, 11) is 0. The Morgan fingerprint density at radius 1 is 1.21 bits per heavy atom. The summed E-state index contributed by atoms with van der Waals surface area (Å²) in [6, 6.07) is 6.79. The molecule has 0 bridgehead atoms. The molecular weight excluding hydrogens is 375 g/mol. The highest BCUT2D eigenvalue weighted by atomic mass is 19.4. The van der Waals surface area contributed by atoms with Crippen molar-refractivity contribution in [3.8, 4) is 0 Å². The van der Waals surface area contributed by atoms with Gasteiger partial charge in [0.1, 0.15) is 5.76 Å². The minimum absolute atomic E-state index is 0.00707. The highest BCUT2D eigenvalue weighted by molar-refractivity contribution is 5.93. The number of fused-ring (bicyclic) bond motifs is 1. The van der Waals surface area contributed by atoms with E-state index in [-0.39, 0.29) is 29.0 Å². The first-order chi connectivity index (χ1) is 13.3. The molecule has 0 spiro atoms. The maximum Gasteiger partial charge on any atom is 0.412 e. The molecule has 1 N–H and O–H groups in total. The Bertz CT molecular complexity index is 885. The summed E-state index contributed by atoms with van der Waals surface area (Å²) in [5.41, 5.74) is 0.188. The lowest BCUT2D eigenvalue weighted by atomic mass is 10.1. The van der Waals surface area contributed by atoms with Gasteiger partial charge in [-0.15, -0.1) is 0 Å². The number of hydrogen-bond acceptors (Lipinski definition) is 4. The van der Waals surface area contributed by atoms with Crippen molar-refractivity contribution in [2.45, 2.75) is 19.1 Å². The molecular formula is C19H18F3N3O3. The Labute approximate surface area is 158 Å². The SMILES string of the molecule is Cc1cc(C(=O)N2C[C@@H]3C(C(=O)N[C@H](c4ccccc4)C(F)(F)F)[C@@H]3C2)no1. The number of carbonyl (C=O) groups excluding carboxylic acids is 2. The van der Waals surface area contributed by atoms with Crippen LogP contribution in [-0.2, 0) is 4.79 Å². The van der Waals surface area contributed by atoms with Crippen LogP contribution in [0.3, 0.4) is 0 Å². The summed E-state index contributed by atoms with van der Waals surface area (Å²) in [4.78, 5) is 26.4. The minimum atomic E-state index is -4.59. The molecule has 2 amide bonds. The van der Waals surface area contributed by atoms with E-state index in [1.165, 1.54) is 30.3 Å². The van der Waals surface area contributed by atoms with Crippen LogP contribution in [0.4, 0.5) is 13.2 Å². The third-order valence-electron chi connectivity index (χ3n) is 5.38. The van der Waals surface area contributed by atoms with Gasteiger partial charge in [0.15, 0.2) is 11.7 Å². The highest BCUT2D eigenvalue weighted by Gasteiger charge is 2.61. The molecule has 2 aromatic rings. The number of aromatic nitrogens is 1. The van der Waals surface area contributed by atoms with E-state index in [2.05, 4.69) is 10.5 Å². The second kappa shape index (κ2) is 6.65. The van der Waals surface area contributed by atoms with Crippen LogP contribution in [-0.4, -0.2) is 41.1 Å². The molecule has 4 rings (SSSR count). The molecule has 1 aromatic heterocycles. The van der Waals surface area contributed by atoms with Crippen LogP contribution < -0.4 is 5.32 Å². The zero-order valence-corrected chi connectivity index (χ0v) is 14.9. The van der Waals surface area contributed by atoms with Gasteiger partial charge in [0.2, 0.25) is 5.91 Å². The largest absolute Gasteiger partial charge is 0.412 e. The van der Waals surface area contributed by atoms with Crippen LogP contribution in [0, 0.1) is 24.7 Å². The summed E-state index contributed by atoms with van der Waals surface area (Å²) < 4.78 is 45.1. The Morgan fingerprint density at radius 3 is 2.39 bits per heavy atom. The number of nitrogens with one attached hydrogen (secondary N) is 1. The molecule has 1 aromatic carbocycles. The van der Waals surface area contributed by atoms with E-state index in [1.807, 2.05) is 0 Å². The zero-order chi connectivity index (χ0) is 20.1. The number of nitrogens with zero attached hydrogens (tertiary/aromatic N) is 2. The summed E-state index contributed by atoms with van der Waals surface area (Å²) >= 11 is 0. The van der Waals surface area contributed by atoms with E-state index >= 15 is 0 Å². The molecule has 28 heavy (non-hydrogen) atoms. The van der Waals surface area contributed by atoms with Crippen LogP contribution in [0.5, 0.6) is 0 Å². The maximum atomic E-state index is 13.4. The number of alkyl halides is 3. The number of likely N-dealkylation sites (tertiary alicyclic amines) is 1. The number of aryl methyl sites for hydroxylation is 1. The molecule has 2 fully saturated rings. The van der Waals surface area contributed by atoms with E-state index < -0.39 is 24.0 Å². The molecule has 0 radical (unpaired) electrons. The van der Waals surface area contributed by atoms with Gasteiger partial charge in [0.05, 0.1) is 0 Å². The number of carbonyl (C=O) groups is 2. The summed E-state index contributed by atoms with van der Waals surface area (Å²) in [6.45, 7) is 2.33. The molecule has 148 valence electrons. The van der Waals surface area contributed by atoms with Crippen molar-refractivity contribution in [2.75, 3.05) is 13.1 Å². The van der Waals surface area contributed by atoms with Crippen LogP contribution in [0.15, 0.2) is 40.9 Å². The lowest BCUT2D eigenvalue weighted by Crippen LogP contribution is -2.41. The van der Waals surface area contributed by atoms with Crippen molar-refractivity contribution < 1.29 is 27.3 Å². The molecule has 1 aliphatic carbocycles. The smallest absolute Gasteiger partial charge is 0.361 e. The van der Waals surface area contributed by atoms with Crippen molar-refractivity contribution in [2.24, 2.45) is 17.8 Å². The summed E-state index contributed by atoms with van der Waals surface area (Å²) in [5, 5.41) is 5.83. The molecule has 9 heteroatoms. The lowest BCUT2D eigenvalue weighted by Gasteiger charge is -2.23. The van der Waals surface area contributed by atoms with Crippen LogP contribution in [0.2, 0.25) is 0 Å². The first-order valence-electron chi connectivity index (χ1n) is 8.90. The standard InChI is InChI=1S/C19H18F3N3O3/c1-10-7-14(24-28-10)18(27)25-8-12-13(9-25)15(12)17(26)23-16(19(20,21)22)11-5-3-2-4-6-11/h2-7,12-13,15-16H,8-9H2,1H3,(H,23,26)/t12-,13+,15?,16-/m1/s1. The van der Waals surface area contributed by atoms with Gasteiger partial charge in [-0.3, -0.25) is 9.59 Å². The van der Waals surface area contributed by atoms with Gasteiger partial charge in [-0.1, -0.05) is 35.5 Å². The normalized spacial score (nSPS) is 24.6. The van der Waals surface area contributed by atoms with Gasteiger partial charge in [-0.25, -0.2) is 0 Å². The van der Waals surface area contributed by atoms with Crippen molar-refractivity contribution in [1.82, 2.24) is 15.4 Å². The first-order valence-corrected chi connectivity index (χ1v) is 8.90. The first kappa shape index (κ1) is 18.5. The molecule has 2 aliphatic rings. The van der Waals surface area contributed by atoms with E-state index in [0.29, 0.717) is 18.8 Å². The predicted octanol–water partition coefficient (Wildman–Crippen LogP) is 2.72. The number of amides is 2. The number of halogens is 3. The lowest BCUT2D eigenvalue weighted by molar-refractivity contribution is -0.164. The average Bonchev–Trinajstić information content (AvgIpc) is 2.97. The van der Waals surface area contributed by atoms with Crippen molar-refractivity contribution in [1.29, 1.82) is 0 Å². The average molecular weight is 393 g/mol. The number of rotatable bonds is 4. The van der Waals surface area contributed by atoms with Crippen LogP contribution in [0.1, 0.15) is 27.9 Å². The molecule has 1 unspecified atom stereocenters. The van der Waals surface area contributed by atoms with Gasteiger partial charge in [-0.2, -0.15) is 13.2 Å². The number of piperidine rings is 1. The molecule has 2 heterocycles. The topological polar surface area (TPSA) is 75.4 Å². The van der Waals surface area contributed by atoms with Gasteiger partial charge in [0, 0.05) is 25.1 Å². The molecule has 6 nitrogen and oxygen atoms in total. The maximum absolute atomic E-state index is 13.4. The monoisotopic (exact) mass is 393 g/mol. The van der Waals surface area contributed by atoms with E-state index in [1.54, 1.807) is 17.9 Å². The van der Waals surface area contributed by atoms with Crippen LogP contribution >= 0.6 is 0 Å². The summed E-state index contributed by atoms with van der Waals surface area (Å²) in [6.07, 6.45) is -4.59. The molecule has 4 atom stereocenters. The van der Waals surface area contributed by atoms with Crippen molar-refractivity contribution in [3.05, 3.63) is 53.4 Å². The predicted molar refractivity (Wildman–Crippen MR) is 91.0 cm³/mol. The Hall–Kier alpha value is -2.84. The highest BCUT2D eigenvalue weighted by Crippen LogP contribution is 2.52. The van der Waals surface area contributed by atoms with E-state index in [0.717, 1.165) is 0 Å². The van der Waals surface area contributed by atoms with Crippen molar-refractivity contribution in [3.63, 3.8) is 0 Å². The van der Waals surface area contributed by atoms with Gasteiger partial charge in [-0.05, 0) is 24.3 Å². The Kier molecular flexibility index (Phi) is 4.40. The fourth-order valence-electron chi connectivity index (χ4n) is 3.95. The minimum Gasteiger partial charge on any atom is -0.361 e. The fourth-order valence-corrected chi connectivity index (χ4v) is 3.95. The van der Waals surface area contributed by atoms with E-state index in [9.17, 15) is 22.8 Å². The Balaban J connectivity index is 1.38. The molecule has 1 saturated heterocycles. The summed E-state index contributed by atoms with van der Waals surface area (Å²) in [5.74, 6) is -1.14. The number of hydrogen-bond donors (Lipinski definition) is 1. The second-order valence-electron chi connectivity index (χ2n) is 7.28. The second-order valence-corrected chi connectivity index (χ2v) is 7.28. The molecule has 1 saturated carbocycles. The molecule has 1 aliphatic heterocycles. The Morgan fingerprint density at radius 2 is 1.86 bits per heavy atom. The zero-order valence-electron chi connectivity index (χ0n) is 14.9. The fraction of sp³-hybridized carbons (Fsp3) is 0.421.